The Bertz CT molecular complexity index is 1580. The van der Waals surface area contributed by atoms with Crippen molar-refractivity contribution in [1.82, 2.24) is 9.97 Å². The zero-order valence-electron chi connectivity index (χ0n) is 19.5. The molecule has 0 aliphatic carbocycles. The largest absolute Gasteiger partial charge is 0.496 e. The highest BCUT2D eigenvalue weighted by atomic mass is 32.2. The standard InChI is InChI=1S/C25H22N4O4S4/c1-33-22-6-3-2-5-18(22)20-14-36-25(28-20)27-19(21-15-35-24(26-21)23-7-4-12-34-23)13-16-8-10-17(11-9-16)29-37(30,31)32/h2-12,14-15,19,29H,13H2,1H3,(H,27,28)(H,30,31,32)/t19-/m0/s1. The van der Waals surface area contributed by atoms with Crippen molar-refractivity contribution in [2.24, 2.45) is 0 Å². The van der Waals surface area contributed by atoms with Crippen LogP contribution in [0.5, 0.6) is 5.75 Å². The summed E-state index contributed by atoms with van der Waals surface area (Å²) >= 11 is 4.75. The number of aromatic nitrogens is 2. The van der Waals surface area contributed by atoms with Gasteiger partial charge in [-0.25, -0.2) is 9.97 Å². The lowest BCUT2D eigenvalue weighted by atomic mass is 10.0. The number of thiophene rings is 1. The van der Waals surface area contributed by atoms with Gasteiger partial charge in [0.2, 0.25) is 0 Å². The first-order chi connectivity index (χ1) is 17.9. The number of methoxy groups -OCH3 is 1. The number of hydrogen-bond donors (Lipinski definition) is 3. The first-order valence-corrected chi connectivity index (χ1v) is 15.1. The number of anilines is 2. The van der Waals surface area contributed by atoms with Gasteiger partial charge in [-0.3, -0.25) is 9.27 Å². The van der Waals surface area contributed by atoms with Gasteiger partial charge < -0.3 is 10.1 Å². The third-order valence-electron chi connectivity index (χ3n) is 5.44. The van der Waals surface area contributed by atoms with Crippen molar-refractivity contribution in [3.05, 3.63) is 88.1 Å². The number of para-hydroxylation sites is 1. The van der Waals surface area contributed by atoms with Gasteiger partial charge in [-0.2, -0.15) is 8.42 Å². The minimum Gasteiger partial charge on any atom is -0.496 e. The van der Waals surface area contributed by atoms with Crippen LogP contribution in [-0.2, 0) is 16.7 Å². The zero-order valence-corrected chi connectivity index (χ0v) is 22.8. The van der Waals surface area contributed by atoms with E-state index in [1.54, 1.807) is 41.9 Å². The van der Waals surface area contributed by atoms with Crippen LogP contribution in [0.4, 0.5) is 10.8 Å². The fourth-order valence-electron chi connectivity index (χ4n) is 3.75. The lowest BCUT2D eigenvalue weighted by molar-refractivity contribution is 0.416. The molecule has 5 rings (SSSR count). The zero-order chi connectivity index (χ0) is 25.8. The summed E-state index contributed by atoms with van der Waals surface area (Å²) < 4.78 is 38.8. The highest BCUT2D eigenvalue weighted by molar-refractivity contribution is 7.87. The van der Waals surface area contributed by atoms with Crippen LogP contribution in [0.2, 0.25) is 0 Å². The summed E-state index contributed by atoms with van der Waals surface area (Å²) in [5, 5.41) is 11.3. The molecule has 37 heavy (non-hydrogen) atoms. The Hall–Kier alpha value is -3.29. The third-order valence-corrected chi connectivity index (χ3v) is 8.60. The molecule has 0 saturated carbocycles. The van der Waals surface area contributed by atoms with E-state index in [-0.39, 0.29) is 11.7 Å². The van der Waals surface area contributed by atoms with Crippen LogP contribution in [0.3, 0.4) is 0 Å². The molecule has 3 aromatic heterocycles. The van der Waals surface area contributed by atoms with Crippen molar-refractivity contribution < 1.29 is 17.7 Å². The van der Waals surface area contributed by atoms with Crippen LogP contribution in [0.1, 0.15) is 17.3 Å². The second-order valence-corrected chi connectivity index (χ2v) is 11.8. The minimum atomic E-state index is -4.33. The Morgan fingerprint density at radius 3 is 2.51 bits per heavy atom. The second-order valence-electron chi connectivity index (χ2n) is 7.97. The smallest absolute Gasteiger partial charge is 0.357 e. The van der Waals surface area contributed by atoms with Gasteiger partial charge in [0.05, 0.1) is 35.1 Å². The molecule has 12 heteroatoms. The summed E-state index contributed by atoms with van der Waals surface area (Å²) in [5.74, 6) is 0.759. The quantitative estimate of drug-likeness (QED) is 0.162. The number of rotatable bonds is 10. The van der Waals surface area contributed by atoms with Crippen molar-refractivity contribution in [2.45, 2.75) is 12.5 Å². The molecule has 8 nitrogen and oxygen atoms in total. The van der Waals surface area contributed by atoms with E-state index in [4.69, 9.17) is 19.3 Å². The van der Waals surface area contributed by atoms with Gasteiger partial charge in [-0.05, 0) is 47.7 Å². The van der Waals surface area contributed by atoms with Crippen molar-refractivity contribution in [3.8, 4) is 26.9 Å². The van der Waals surface area contributed by atoms with E-state index in [0.29, 0.717) is 6.42 Å². The summed E-state index contributed by atoms with van der Waals surface area (Å²) in [6.45, 7) is 0. The Balaban J connectivity index is 1.42. The predicted octanol–water partition coefficient (Wildman–Crippen LogP) is 6.61. The van der Waals surface area contributed by atoms with Crippen molar-refractivity contribution >= 4 is 55.1 Å². The Morgan fingerprint density at radius 1 is 0.973 bits per heavy atom. The van der Waals surface area contributed by atoms with E-state index in [9.17, 15) is 8.42 Å². The summed E-state index contributed by atoms with van der Waals surface area (Å²) in [6, 6.07) is 18.5. The van der Waals surface area contributed by atoms with Gasteiger partial charge in [0, 0.05) is 16.3 Å². The van der Waals surface area contributed by atoms with E-state index in [0.717, 1.165) is 43.3 Å². The summed E-state index contributed by atoms with van der Waals surface area (Å²) in [7, 11) is -2.68. The van der Waals surface area contributed by atoms with E-state index in [2.05, 4.69) is 21.5 Å². The van der Waals surface area contributed by atoms with Gasteiger partial charge in [-0.1, -0.05) is 30.3 Å². The van der Waals surface area contributed by atoms with E-state index >= 15 is 0 Å². The molecule has 2 aromatic carbocycles. The molecule has 0 spiro atoms. The van der Waals surface area contributed by atoms with E-state index in [1.165, 1.54) is 11.3 Å². The van der Waals surface area contributed by atoms with E-state index in [1.807, 2.05) is 53.2 Å². The fraction of sp³-hybridized carbons (Fsp3) is 0.120. The van der Waals surface area contributed by atoms with Gasteiger partial charge in [-0.15, -0.1) is 34.0 Å². The third kappa shape index (κ3) is 6.35. The lowest BCUT2D eigenvalue weighted by Gasteiger charge is -2.17. The molecule has 0 saturated heterocycles. The minimum absolute atomic E-state index is 0.179. The predicted molar refractivity (Wildman–Crippen MR) is 151 cm³/mol. The maximum absolute atomic E-state index is 11.1. The van der Waals surface area contributed by atoms with Crippen LogP contribution in [0, 0.1) is 0 Å². The van der Waals surface area contributed by atoms with Gasteiger partial charge in [0.15, 0.2) is 5.13 Å². The molecule has 3 heterocycles. The summed E-state index contributed by atoms with van der Waals surface area (Å²) in [4.78, 5) is 10.8. The van der Waals surface area contributed by atoms with Crippen LogP contribution >= 0.6 is 34.0 Å². The molecular formula is C25H22N4O4S4. The number of hydrogen-bond acceptors (Lipinski definition) is 9. The topological polar surface area (TPSA) is 113 Å². The second kappa shape index (κ2) is 11.0. The van der Waals surface area contributed by atoms with E-state index < -0.39 is 10.3 Å². The molecular weight excluding hydrogens is 549 g/mol. The molecule has 0 aliphatic heterocycles. The molecule has 1 atom stereocenters. The molecule has 0 aliphatic rings. The molecule has 5 aromatic rings. The molecule has 190 valence electrons. The maximum Gasteiger partial charge on any atom is 0.357 e. The molecule has 0 unspecified atom stereocenters. The van der Waals surface area contributed by atoms with Crippen LogP contribution in [0.25, 0.3) is 21.1 Å². The monoisotopic (exact) mass is 570 g/mol. The molecule has 0 radical (unpaired) electrons. The number of nitrogens with one attached hydrogen (secondary N) is 2. The maximum atomic E-state index is 11.1. The first kappa shape index (κ1) is 25.4. The number of nitrogens with zero attached hydrogens (tertiary/aromatic N) is 2. The highest BCUT2D eigenvalue weighted by Gasteiger charge is 2.19. The average Bonchev–Trinajstić information content (AvgIpc) is 3.65. The lowest BCUT2D eigenvalue weighted by Crippen LogP contribution is -2.14. The van der Waals surface area contributed by atoms with Gasteiger partial charge >= 0.3 is 10.3 Å². The Morgan fingerprint density at radius 2 is 1.78 bits per heavy atom. The number of benzene rings is 2. The Kier molecular flexibility index (Phi) is 7.53. The summed E-state index contributed by atoms with van der Waals surface area (Å²) in [6.07, 6.45) is 0.587. The Labute approximate surface area is 226 Å². The van der Waals surface area contributed by atoms with Crippen LogP contribution in [-0.4, -0.2) is 30.0 Å². The normalized spacial score (nSPS) is 12.3. The fourth-order valence-corrected chi connectivity index (χ4v) is 6.64. The number of ether oxygens (including phenoxy) is 1. The molecule has 0 amide bonds. The van der Waals surface area contributed by atoms with Crippen molar-refractivity contribution in [3.63, 3.8) is 0 Å². The van der Waals surface area contributed by atoms with Gasteiger partial charge in [0.25, 0.3) is 0 Å². The van der Waals surface area contributed by atoms with Crippen molar-refractivity contribution in [1.29, 1.82) is 0 Å². The van der Waals surface area contributed by atoms with Gasteiger partial charge in [0.1, 0.15) is 10.8 Å². The van der Waals surface area contributed by atoms with Crippen molar-refractivity contribution in [2.75, 3.05) is 17.1 Å². The summed E-state index contributed by atoms with van der Waals surface area (Å²) in [5.41, 5.74) is 3.88. The number of thiazole rings is 2. The molecule has 0 bridgehead atoms. The molecule has 0 fully saturated rings. The van der Waals surface area contributed by atoms with Crippen LogP contribution in [0.15, 0.2) is 76.8 Å². The van der Waals surface area contributed by atoms with Crippen LogP contribution < -0.4 is 14.8 Å². The average molecular weight is 571 g/mol. The first-order valence-electron chi connectivity index (χ1n) is 11.1. The molecule has 3 N–H and O–H groups in total. The highest BCUT2D eigenvalue weighted by Crippen LogP contribution is 2.35. The SMILES string of the molecule is COc1ccccc1-c1csc(N[C@@H](Cc2ccc(NS(=O)(=O)O)cc2)c2csc(-c3cccs3)n2)n1.